The molecule has 0 unspecified atom stereocenters. The van der Waals surface area contributed by atoms with Gasteiger partial charge >= 0.3 is 0 Å². The third-order valence-corrected chi connectivity index (χ3v) is 4.37. The molecule has 0 aromatic rings. The molecule has 74 valence electrons. The maximum atomic E-state index is 11.5. The van der Waals surface area contributed by atoms with Crippen molar-refractivity contribution in [1.29, 1.82) is 0 Å². The minimum absolute atomic E-state index is 0.111. The molecule has 0 bridgehead atoms. The highest BCUT2D eigenvalue weighted by Gasteiger charge is 2.42. The average Bonchev–Trinajstić information content (AvgIpc) is 2.51. The maximum absolute atomic E-state index is 11.5. The highest BCUT2D eigenvalue weighted by atomic mass is 33.1. The van der Waals surface area contributed by atoms with Gasteiger partial charge in [-0.15, -0.1) is 0 Å². The normalized spacial score (nSPS) is 19.5. The lowest BCUT2D eigenvalue weighted by molar-refractivity contribution is -0.130. The summed E-state index contributed by atoms with van der Waals surface area (Å²) in [6.07, 6.45) is 0. The molecule has 0 atom stereocenters. The van der Waals surface area contributed by atoms with Gasteiger partial charge in [0, 0.05) is 25.5 Å². The summed E-state index contributed by atoms with van der Waals surface area (Å²) >= 11 is 0. The second kappa shape index (κ2) is 4.23. The first-order chi connectivity index (χ1) is 6.10. The molecule has 1 aliphatic heterocycles. The first-order valence-corrected chi connectivity index (χ1v) is 6.35. The minimum atomic E-state index is -0.698. The van der Waals surface area contributed by atoms with E-state index in [1.807, 2.05) is 0 Å². The number of likely N-dealkylation sites (N-methyl/N-ethyl adjacent to an activating group) is 1. The van der Waals surface area contributed by atoms with Crippen LogP contribution < -0.4 is 10.6 Å². The number of hydrogen-bond donors (Lipinski definition) is 2. The van der Waals surface area contributed by atoms with Crippen molar-refractivity contribution in [3.63, 3.8) is 0 Å². The Hall–Kier alpha value is -0.360. The number of carbonyl (C=O) groups is 2. The monoisotopic (exact) mass is 220 g/mol. The third kappa shape index (κ3) is 2.31. The quantitative estimate of drug-likeness (QED) is 0.643. The predicted octanol–water partition coefficient (Wildman–Crippen LogP) is 0.00230. The Labute approximate surface area is 85.0 Å². The first kappa shape index (κ1) is 10.7. The van der Waals surface area contributed by atoms with E-state index in [4.69, 9.17) is 0 Å². The van der Waals surface area contributed by atoms with E-state index < -0.39 is 5.54 Å². The summed E-state index contributed by atoms with van der Waals surface area (Å²) in [5.41, 5.74) is -0.698. The van der Waals surface area contributed by atoms with Crippen LogP contribution in [0.15, 0.2) is 0 Å². The summed E-state index contributed by atoms with van der Waals surface area (Å²) in [5, 5.41) is 5.29. The molecule has 2 N–H and O–H groups in total. The molecular formula is C7H12N2O2S2. The van der Waals surface area contributed by atoms with Gasteiger partial charge in [-0.05, 0) is 0 Å². The molecule has 0 aromatic heterocycles. The molecule has 1 fully saturated rings. The molecule has 0 spiro atoms. The van der Waals surface area contributed by atoms with E-state index in [-0.39, 0.29) is 11.8 Å². The Bertz CT molecular complexity index is 227. The van der Waals surface area contributed by atoms with Crippen molar-refractivity contribution < 1.29 is 9.59 Å². The summed E-state index contributed by atoms with van der Waals surface area (Å²) in [4.78, 5) is 22.4. The molecule has 1 aliphatic rings. The highest BCUT2D eigenvalue weighted by molar-refractivity contribution is 8.77. The van der Waals surface area contributed by atoms with Gasteiger partial charge in [-0.25, -0.2) is 0 Å². The smallest absolute Gasteiger partial charge is 0.247 e. The second-order valence-corrected chi connectivity index (χ2v) is 5.33. The van der Waals surface area contributed by atoms with Crippen LogP contribution in [0.1, 0.15) is 6.92 Å². The molecule has 0 saturated carbocycles. The number of amides is 2. The molecule has 0 aromatic carbocycles. The first-order valence-electron chi connectivity index (χ1n) is 3.86. The largest absolute Gasteiger partial charge is 0.357 e. The summed E-state index contributed by atoms with van der Waals surface area (Å²) in [6, 6.07) is 0. The van der Waals surface area contributed by atoms with Crippen LogP contribution in [0, 0.1) is 0 Å². The van der Waals surface area contributed by atoms with Gasteiger partial charge in [-0.2, -0.15) is 0 Å². The van der Waals surface area contributed by atoms with E-state index in [0.29, 0.717) is 11.5 Å². The molecule has 1 saturated heterocycles. The molecule has 1 rings (SSSR count). The van der Waals surface area contributed by atoms with Gasteiger partial charge in [0.15, 0.2) is 0 Å². The van der Waals surface area contributed by atoms with Crippen molar-refractivity contribution in [3.05, 3.63) is 0 Å². The van der Waals surface area contributed by atoms with E-state index >= 15 is 0 Å². The Kier molecular flexibility index (Phi) is 3.49. The van der Waals surface area contributed by atoms with E-state index in [1.54, 1.807) is 28.6 Å². The fraction of sp³-hybridized carbons (Fsp3) is 0.714. The van der Waals surface area contributed by atoms with Gasteiger partial charge in [0.05, 0.1) is 0 Å². The molecule has 13 heavy (non-hydrogen) atoms. The number of nitrogens with one attached hydrogen (secondary N) is 2. The van der Waals surface area contributed by atoms with Crippen LogP contribution in [0.5, 0.6) is 0 Å². The van der Waals surface area contributed by atoms with Crippen LogP contribution in [0.4, 0.5) is 0 Å². The van der Waals surface area contributed by atoms with E-state index in [0.717, 1.165) is 0 Å². The van der Waals surface area contributed by atoms with E-state index in [1.165, 1.54) is 6.92 Å². The van der Waals surface area contributed by atoms with Crippen LogP contribution in [0.2, 0.25) is 0 Å². The lowest BCUT2D eigenvalue weighted by atomic mass is 10.0. The standard InChI is InChI=1S/C7H12N2O2S2/c1-5(10)9-7(6(11)8-2)3-12-13-4-7/h3-4H2,1-2H3,(H,8,11)(H,9,10). The SMILES string of the molecule is CNC(=O)C1(NC(C)=O)CSSC1. The van der Waals surface area contributed by atoms with Gasteiger partial charge < -0.3 is 10.6 Å². The number of rotatable bonds is 2. The van der Waals surface area contributed by atoms with E-state index in [9.17, 15) is 9.59 Å². The summed E-state index contributed by atoms with van der Waals surface area (Å²) in [6.45, 7) is 1.43. The molecular weight excluding hydrogens is 208 g/mol. The molecule has 1 heterocycles. The lowest BCUT2D eigenvalue weighted by Crippen LogP contribution is -2.59. The fourth-order valence-corrected chi connectivity index (χ4v) is 4.18. The zero-order chi connectivity index (χ0) is 9.90. The van der Waals surface area contributed by atoms with Gasteiger partial charge in [0.25, 0.3) is 0 Å². The molecule has 0 aliphatic carbocycles. The zero-order valence-electron chi connectivity index (χ0n) is 7.55. The van der Waals surface area contributed by atoms with Crippen LogP contribution >= 0.6 is 21.6 Å². The number of hydrogen-bond acceptors (Lipinski definition) is 4. The van der Waals surface area contributed by atoms with E-state index in [2.05, 4.69) is 10.6 Å². The molecule has 2 amide bonds. The minimum Gasteiger partial charge on any atom is -0.357 e. The lowest BCUT2D eigenvalue weighted by Gasteiger charge is -2.25. The number of carbonyl (C=O) groups excluding carboxylic acids is 2. The van der Waals surface area contributed by atoms with Crippen molar-refractivity contribution >= 4 is 33.4 Å². The van der Waals surface area contributed by atoms with Crippen molar-refractivity contribution in [3.8, 4) is 0 Å². The molecule has 6 heteroatoms. The van der Waals surface area contributed by atoms with Gasteiger partial charge in [0.1, 0.15) is 5.54 Å². The Balaban J connectivity index is 2.74. The van der Waals surface area contributed by atoms with Gasteiger partial charge in [-0.3, -0.25) is 9.59 Å². The van der Waals surface area contributed by atoms with Crippen LogP contribution in [-0.4, -0.2) is 35.9 Å². The maximum Gasteiger partial charge on any atom is 0.247 e. The Morgan fingerprint density at radius 3 is 2.23 bits per heavy atom. The van der Waals surface area contributed by atoms with Crippen LogP contribution in [-0.2, 0) is 9.59 Å². The summed E-state index contributed by atoms with van der Waals surface area (Å²) < 4.78 is 0. The average molecular weight is 220 g/mol. The van der Waals surface area contributed by atoms with Crippen molar-refractivity contribution in [2.75, 3.05) is 18.6 Å². The topological polar surface area (TPSA) is 58.2 Å². The van der Waals surface area contributed by atoms with Crippen molar-refractivity contribution in [2.45, 2.75) is 12.5 Å². The zero-order valence-corrected chi connectivity index (χ0v) is 9.18. The van der Waals surface area contributed by atoms with Gasteiger partial charge in [-0.1, -0.05) is 21.6 Å². The third-order valence-electron chi connectivity index (χ3n) is 1.77. The highest BCUT2D eigenvalue weighted by Crippen LogP contribution is 2.37. The van der Waals surface area contributed by atoms with Crippen molar-refractivity contribution in [2.24, 2.45) is 0 Å². The Morgan fingerprint density at radius 2 is 1.85 bits per heavy atom. The predicted molar refractivity (Wildman–Crippen MR) is 55.5 cm³/mol. The fourth-order valence-electron chi connectivity index (χ4n) is 1.16. The Morgan fingerprint density at radius 1 is 1.31 bits per heavy atom. The van der Waals surface area contributed by atoms with Crippen LogP contribution in [0.25, 0.3) is 0 Å². The van der Waals surface area contributed by atoms with Gasteiger partial charge in [0.2, 0.25) is 11.8 Å². The molecule has 0 radical (unpaired) electrons. The molecule has 4 nitrogen and oxygen atoms in total. The summed E-state index contributed by atoms with van der Waals surface area (Å²) in [5.74, 6) is 1.00. The van der Waals surface area contributed by atoms with Crippen LogP contribution in [0.3, 0.4) is 0 Å². The summed E-state index contributed by atoms with van der Waals surface area (Å²) in [7, 11) is 4.80. The van der Waals surface area contributed by atoms with Crippen molar-refractivity contribution in [1.82, 2.24) is 10.6 Å². The second-order valence-electron chi connectivity index (χ2n) is 2.87.